The Morgan fingerprint density at radius 1 is 1.42 bits per heavy atom. The number of halogens is 1. The summed E-state index contributed by atoms with van der Waals surface area (Å²) in [5.74, 6) is 1.60. The lowest BCUT2D eigenvalue weighted by Gasteiger charge is -2.18. The van der Waals surface area contributed by atoms with Gasteiger partial charge < -0.3 is 20.3 Å². The summed E-state index contributed by atoms with van der Waals surface area (Å²) in [6.07, 6.45) is 3.22. The summed E-state index contributed by atoms with van der Waals surface area (Å²) in [7, 11) is 0. The van der Waals surface area contributed by atoms with Gasteiger partial charge in [0.2, 0.25) is 11.8 Å². The minimum atomic E-state index is 0. The normalized spacial score (nSPS) is 16.8. The van der Waals surface area contributed by atoms with Crippen molar-refractivity contribution < 1.29 is 9.53 Å². The second kappa shape index (κ2) is 11.9. The van der Waals surface area contributed by atoms with Crippen LogP contribution in [0.4, 0.5) is 0 Å². The van der Waals surface area contributed by atoms with E-state index in [1.807, 2.05) is 37.8 Å². The molecule has 1 unspecified atom stereocenters. The van der Waals surface area contributed by atoms with Gasteiger partial charge in [0.05, 0.1) is 13.2 Å². The molecule has 1 aromatic heterocycles. The number of ether oxygens (including phenoxy) is 1. The van der Waals surface area contributed by atoms with Gasteiger partial charge in [0.25, 0.3) is 0 Å². The van der Waals surface area contributed by atoms with Crippen molar-refractivity contribution in [3.05, 3.63) is 23.9 Å². The highest BCUT2D eigenvalue weighted by Gasteiger charge is 2.25. The molecule has 2 heterocycles. The van der Waals surface area contributed by atoms with Gasteiger partial charge in [-0.15, -0.1) is 24.0 Å². The van der Waals surface area contributed by atoms with Crippen LogP contribution in [0.3, 0.4) is 0 Å². The van der Waals surface area contributed by atoms with Crippen molar-refractivity contribution in [1.82, 2.24) is 20.5 Å². The van der Waals surface area contributed by atoms with Crippen LogP contribution in [-0.4, -0.2) is 54.0 Å². The summed E-state index contributed by atoms with van der Waals surface area (Å²) < 4.78 is 5.55. The summed E-state index contributed by atoms with van der Waals surface area (Å²) in [5, 5.41) is 6.69. The van der Waals surface area contributed by atoms with E-state index in [0.29, 0.717) is 25.5 Å². The molecule has 0 radical (unpaired) electrons. The van der Waals surface area contributed by atoms with Crippen LogP contribution in [-0.2, 0) is 11.3 Å². The number of hydrogen-bond acceptors (Lipinski definition) is 4. The maximum atomic E-state index is 11.8. The standard InChI is InChI=1S/C18H29N5O2.HI/c1-4-16(24)23-11-9-15(13-23)22-18(19-5-2)21-12-14-8-7-10-20-17(14)25-6-3;/h7-8,10,15H,4-6,9,11-13H2,1-3H3,(H2,19,21,22);1H. The zero-order valence-electron chi connectivity index (χ0n) is 15.8. The largest absolute Gasteiger partial charge is 0.478 e. The van der Waals surface area contributed by atoms with Crippen molar-refractivity contribution in [2.75, 3.05) is 26.2 Å². The first-order valence-corrected chi connectivity index (χ1v) is 9.07. The smallest absolute Gasteiger partial charge is 0.222 e. The molecule has 0 bridgehead atoms. The maximum absolute atomic E-state index is 11.8. The number of carbonyl (C=O) groups excluding carboxylic acids is 1. The summed E-state index contributed by atoms with van der Waals surface area (Å²) in [5.41, 5.74) is 0.954. The minimum absolute atomic E-state index is 0. The lowest BCUT2D eigenvalue weighted by molar-refractivity contribution is -0.129. The Morgan fingerprint density at radius 2 is 2.23 bits per heavy atom. The highest BCUT2D eigenvalue weighted by atomic mass is 127. The number of rotatable bonds is 7. The molecule has 1 amide bonds. The second-order valence-corrected chi connectivity index (χ2v) is 5.92. The van der Waals surface area contributed by atoms with Gasteiger partial charge in [-0.05, 0) is 26.3 Å². The maximum Gasteiger partial charge on any atom is 0.222 e. The van der Waals surface area contributed by atoms with Crippen LogP contribution in [0.1, 0.15) is 39.2 Å². The number of pyridine rings is 1. The molecule has 2 N–H and O–H groups in total. The second-order valence-electron chi connectivity index (χ2n) is 5.92. The Morgan fingerprint density at radius 3 is 2.92 bits per heavy atom. The lowest BCUT2D eigenvalue weighted by Crippen LogP contribution is -2.45. The van der Waals surface area contributed by atoms with Gasteiger partial charge in [-0.3, -0.25) is 4.79 Å². The third-order valence-electron chi connectivity index (χ3n) is 4.07. The molecule has 8 heteroatoms. The third kappa shape index (κ3) is 6.62. The summed E-state index contributed by atoms with van der Waals surface area (Å²) in [4.78, 5) is 22.6. The van der Waals surface area contributed by atoms with E-state index >= 15 is 0 Å². The van der Waals surface area contributed by atoms with Crippen LogP contribution in [0.2, 0.25) is 0 Å². The van der Waals surface area contributed by atoms with E-state index in [2.05, 4.69) is 20.6 Å². The first kappa shape index (κ1) is 22.5. The van der Waals surface area contributed by atoms with Gasteiger partial charge in [0, 0.05) is 43.9 Å². The molecular weight excluding hydrogens is 445 g/mol. The van der Waals surface area contributed by atoms with Crippen LogP contribution in [0.5, 0.6) is 5.88 Å². The van der Waals surface area contributed by atoms with E-state index in [-0.39, 0.29) is 35.9 Å². The molecule has 1 saturated heterocycles. The Kier molecular flexibility index (Phi) is 10.3. The van der Waals surface area contributed by atoms with Gasteiger partial charge in [-0.1, -0.05) is 13.0 Å². The van der Waals surface area contributed by atoms with Crippen LogP contribution >= 0.6 is 24.0 Å². The van der Waals surface area contributed by atoms with Crippen molar-refractivity contribution in [3.63, 3.8) is 0 Å². The molecule has 0 spiro atoms. The summed E-state index contributed by atoms with van der Waals surface area (Å²) in [6.45, 7) is 9.26. The predicted molar refractivity (Wildman–Crippen MR) is 114 cm³/mol. The number of guanidine groups is 1. The van der Waals surface area contributed by atoms with Crippen LogP contribution in [0.15, 0.2) is 23.3 Å². The van der Waals surface area contributed by atoms with Crippen LogP contribution < -0.4 is 15.4 Å². The fourth-order valence-electron chi connectivity index (χ4n) is 2.82. The molecule has 1 fully saturated rings. The average Bonchev–Trinajstić information content (AvgIpc) is 3.09. The highest BCUT2D eigenvalue weighted by Crippen LogP contribution is 2.15. The molecule has 26 heavy (non-hydrogen) atoms. The zero-order valence-corrected chi connectivity index (χ0v) is 18.2. The van der Waals surface area contributed by atoms with Gasteiger partial charge in [-0.25, -0.2) is 9.98 Å². The molecule has 7 nitrogen and oxygen atoms in total. The molecule has 146 valence electrons. The van der Waals surface area contributed by atoms with Gasteiger partial charge in [-0.2, -0.15) is 0 Å². The van der Waals surface area contributed by atoms with Gasteiger partial charge in [0.1, 0.15) is 0 Å². The molecule has 1 atom stereocenters. The molecule has 1 aliphatic heterocycles. The van der Waals surface area contributed by atoms with E-state index in [9.17, 15) is 4.79 Å². The molecule has 0 aromatic carbocycles. The molecule has 0 saturated carbocycles. The van der Waals surface area contributed by atoms with E-state index in [0.717, 1.165) is 37.6 Å². The fraction of sp³-hybridized carbons (Fsp3) is 0.611. The number of amides is 1. The first-order valence-electron chi connectivity index (χ1n) is 9.07. The molecule has 1 aliphatic rings. The van der Waals surface area contributed by atoms with Crippen molar-refractivity contribution in [3.8, 4) is 5.88 Å². The fourth-order valence-corrected chi connectivity index (χ4v) is 2.82. The molecule has 0 aliphatic carbocycles. The lowest BCUT2D eigenvalue weighted by atomic mass is 10.2. The first-order chi connectivity index (χ1) is 12.2. The topological polar surface area (TPSA) is 78.9 Å². The van der Waals surface area contributed by atoms with Crippen molar-refractivity contribution in [2.45, 2.75) is 46.2 Å². The van der Waals surface area contributed by atoms with E-state index in [1.54, 1.807) is 6.20 Å². The molecule has 1 aromatic rings. The molecule has 2 rings (SSSR count). The monoisotopic (exact) mass is 475 g/mol. The summed E-state index contributed by atoms with van der Waals surface area (Å²) >= 11 is 0. The van der Waals surface area contributed by atoms with E-state index in [1.165, 1.54) is 0 Å². The number of carbonyl (C=O) groups is 1. The number of likely N-dealkylation sites (tertiary alicyclic amines) is 1. The van der Waals surface area contributed by atoms with Gasteiger partial charge in [0.15, 0.2) is 5.96 Å². The Balaban J connectivity index is 0.00000338. The zero-order chi connectivity index (χ0) is 18.1. The van der Waals surface area contributed by atoms with Crippen LogP contribution in [0, 0.1) is 0 Å². The number of nitrogens with zero attached hydrogens (tertiary/aromatic N) is 3. The van der Waals surface area contributed by atoms with Crippen molar-refractivity contribution >= 4 is 35.8 Å². The number of hydrogen-bond donors (Lipinski definition) is 2. The van der Waals surface area contributed by atoms with E-state index < -0.39 is 0 Å². The number of aliphatic imine (C=N–C) groups is 1. The Labute approximate surface area is 173 Å². The highest BCUT2D eigenvalue weighted by molar-refractivity contribution is 14.0. The number of nitrogens with one attached hydrogen (secondary N) is 2. The van der Waals surface area contributed by atoms with Gasteiger partial charge >= 0.3 is 0 Å². The van der Waals surface area contributed by atoms with Crippen molar-refractivity contribution in [1.29, 1.82) is 0 Å². The molecular formula is C18H30IN5O2. The Bertz CT molecular complexity index is 597. The van der Waals surface area contributed by atoms with Crippen LogP contribution in [0.25, 0.3) is 0 Å². The quantitative estimate of drug-likeness (QED) is 0.359. The Hall–Kier alpha value is -1.58. The predicted octanol–water partition coefficient (Wildman–Crippen LogP) is 2.16. The summed E-state index contributed by atoms with van der Waals surface area (Å²) in [6, 6.07) is 4.09. The number of aromatic nitrogens is 1. The van der Waals surface area contributed by atoms with Crippen molar-refractivity contribution in [2.24, 2.45) is 4.99 Å². The SMILES string of the molecule is CCNC(=NCc1cccnc1OCC)NC1CCN(C(=O)CC)C1.I. The minimum Gasteiger partial charge on any atom is -0.478 e. The average molecular weight is 475 g/mol. The van der Waals surface area contributed by atoms with E-state index in [4.69, 9.17) is 4.74 Å². The third-order valence-corrected chi connectivity index (χ3v) is 4.07.